The molecule has 1 heterocycles. The van der Waals surface area contributed by atoms with E-state index in [-0.39, 0.29) is 17.8 Å². The quantitative estimate of drug-likeness (QED) is 0.664. The lowest BCUT2D eigenvalue weighted by Gasteiger charge is -2.08. The fourth-order valence-corrected chi connectivity index (χ4v) is 2.12. The van der Waals surface area contributed by atoms with Crippen LogP contribution in [0.5, 0.6) is 0 Å². The molecule has 0 spiro atoms. The molecule has 0 saturated heterocycles. The van der Waals surface area contributed by atoms with Crippen LogP contribution in [-0.2, 0) is 11.3 Å². The second-order valence-corrected chi connectivity index (χ2v) is 5.54. The van der Waals surface area contributed by atoms with Crippen molar-refractivity contribution in [3.05, 3.63) is 67.0 Å². The van der Waals surface area contributed by atoms with Crippen molar-refractivity contribution in [3.63, 3.8) is 0 Å². The largest absolute Gasteiger partial charge is 0.325 e. The zero-order valence-electron chi connectivity index (χ0n) is 11.6. The Hall–Kier alpha value is -2.48. The van der Waals surface area contributed by atoms with E-state index >= 15 is 0 Å². The Morgan fingerprint density at radius 1 is 1.36 bits per heavy atom. The van der Waals surface area contributed by atoms with Crippen LogP contribution in [0.2, 0.25) is 0 Å². The van der Waals surface area contributed by atoms with Gasteiger partial charge in [0.2, 0.25) is 5.91 Å². The first kappa shape index (κ1) is 15.9. The third kappa shape index (κ3) is 3.79. The minimum absolute atomic E-state index is 0.198. The van der Waals surface area contributed by atoms with Gasteiger partial charge in [0.25, 0.3) is 11.2 Å². The number of nitro groups is 1. The van der Waals surface area contributed by atoms with Crippen molar-refractivity contribution in [1.82, 2.24) is 4.57 Å². The van der Waals surface area contributed by atoms with E-state index in [1.54, 1.807) is 24.3 Å². The highest BCUT2D eigenvalue weighted by Gasteiger charge is 2.14. The normalized spacial score (nSPS) is 10.3. The Kier molecular flexibility index (Phi) is 4.71. The molecular formula is C14H12BrN3O4. The number of aryl methyl sites for hydroxylation is 1. The number of nitrogens with one attached hydrogen (secondary N) is 1. The van der Waals surface area contributed by atoms with Crippen molar-refractivity contribution in [2.24, 2.45) is 0 Å². The van der Waals surface area contributed by atoms with E-state index in [4.69, 9.17) is 0 Å². The van der Waals surface area contributed by atoms with Gasteiger partial charge in [0, 0.05) is 21.8 Å². The van der Waals surface area contributed by atoms with E-state index in [0.717, 1.165) is 21.3 Å². The van der Waals surface area contributed by atoms with Crippen LogP contribution in [0.3, 0.4) is 0 Å². The van der Waals surface area contributed by atoms with Crippen molar-refractivity contribution in [2.75, 3.05) is 5.32 Å². The molecular weight excluding hydrogens is 354 g/mol. The number of hydrogen-bond donors (Lipinski definition) is 1. The molecule has 1 amide bonds. The lowest BCUT2D eigenvalue weighted by Crippen LogP contribution is -2.27. The molecule has 2 rings (SSSR count). The van der Waals surface area contributed by atoms with E-state index < -0.39 is 16.4 Å². The minimum Gasteiger partial charge on any atom is -0.325 e. The summed E-state index contributed by atoms with van der Waals surface area (Å²) in [6, 6.07) is 8.06. The summed E-state index contributed by atoms with van der Waals surface area (Å²) >= 11 is 3.28. The predicted octanol–water partition coefficient (Wildman–Crippen LogP) is 2.47. The molecule has 7 nitrogen and oxygen atoms in total. The average Bonchev–Trinajstić information content (AvgIpc) is 2.44. The lowest BCUT2D eigenvalue weighted by molar-refractivity contribution is -0.385. The highest BCUT2D eigenvalue weighted by Crippen LogP contribution is 2.15. The average molecular weight is 366 g/mol. The molecule has 0 aliphatic rings. The Balaban J connectivity index is 2.18. The Labute approximate surface area is 133 Å². The molecule has 1 aromatic heterocycles. The van der Waals surface area contributed by atoms with Gasteiger partial charge < -0.3 is 5.32 Å². The van der Waals surface area contributed by atoms with Gasteiger partial charge in [0.15, 0.2) is 0 Å². The summed E-state index contributed by atoms with van der Waals surface area (Å²) in [5.74, 6) is -0.442. The van der Waals surface area contributed by atoms with Crippen LogP contribution in [0.1, 0.15) is 5.56 Å². The van der Waals surface area contributed by atoms with Crippen LogP contribution < -0.4 is 10.9 Å². The second kappa shape index (κ2) is 6.52. The molecule has 1 N–H and O–H groups in total. The fourth-order valence-electron chi connectivity index (χ4n) is 1.86. The summed E-state index contributed by atoms with van der Waals surface area (Å²) in [5.41, 5.74) is 0.174. The monoisotopic (exact) mass is 365 g/mol. The highest BCUT2D eigenvalue weighted by molar-refractivity contribution is 9.10. The van der Waals surface area contributed by atoms with Gasteiger partial charge in [-0.15, -0.1) is 0 Å². The molecule has 0 aliphatic carbocycles. The zero-order chi connectivity index (χ0) is 16.3. The molecule has 2 aromatic rings. The van der Waals surface area contributed by atoms with Crippen molar-refractivity contribution in [3.8, 4) is 0 Å². The summed E-state index contributed by atoms with van der Waals surface area (Å²) in [5, 5.41) is 13.5. The van der Waals surface area contributed by atoms with E-state index in [0.29, 0.717) is 5.69 Å². The van der Waals surface area contributed by atoms with Gasteiger partial charge in [-0.25, -0.2) is 0 Å². The molecule has 8 heteroatoms. The van der Waals surface area contributed by atoms with Crippen LogP contribution in [0, 0.1) is 17.0 Å². The number of nitrogens with zero attached hydrogens (tertiary/aromatic N) is 2. The SMILES string of the molecule is Cc1cc(=O)n(CC(=O)Nc2ccc(Br)cc2)cc1[N+](=O)[O-]. The first-order chi connectivity index (χ1) is 10.4. The molecule has 22 heavy (non-hydrogen) atoms. The van der Waals surface area contributed by atoms with Crippen LogP contribution >= 0.6 is 15.9 Å². The van der Waals surface area contributed by atoms with E-state index in [2.05, 4.69) is 21.2 Å². The molecule has 1 aromatic carbocycles. The Bertz CT molecular complexity index is 784. The number of halogens is 1. The van der Waals surface area contributed by atoms with Gasteiger partial charge in [-0.3, -0.25) is 24.3 Å². The summed E-state index contributed by atoms with van der Waals surface area (Å²) in [7, 11) is 0. The smallest absolute Gasteiger partial charge is 0.288 e. The molecule has 0 radical (unpaired) electrons. The van der Waals surface area contributed by atoms with Crippen LogP contribution in [0.4, 0.5) is 11.4 Å². The number of benzene rings is 1. The summed E-state index contributed by atoms with van der Waals surface area (Å²) < 4.78 is 1.88. The number of carbonyl (C=O) groups excluding carboxylic acids is 1. The third-order valence-electron chi connectivity index (χ3n) is 2.94. The number of anilines is 1. The van der Waals surface area contributed by atoms with E-state index in [1.807, 2.05) is 0 Å². The zero-order valence-corrected chi connectivity index (χ0v) is 13.2. The number of hydrogen-bond acceptors (Lipinski definition) is 4. The van der Waals surface area contributed by atoms with Gasteiger partial charge >= 0.3 is 0 Å². The topological polar surface area (TPSA) is 94.2 Å². The van der Waals surface area contributed by atoms with Gasteiger partial charge in [-0.1, -0.05) is 15.9 Å². The molecule has 0 unspecified atom stereocenters. The van der Waals surface area contributed by atoms with Gasteiger partial charge in [-0.2, -0.15) is 0 Å². The molecule has 0 saturated carbocycles. The second-order valence-electron chi connectivity index (χ2n) is 4.62. The third-order valence-corrected chi connectivity index (χ3v) is 3.47. The highest BCUT2D eigenvalue weighted by atomic mass is 79.9. The number of pyridine rings is 1. The molecule has 0 aliphatic heterocycles. The van der Waals surface area contributed by atoms with Crippen molar-refractivity contribution < 1.29 is 9.72 Å². The Morgan fingerprint density at radius 3 is 2.59 bits per heavy atom. The van der Waals surface area contributed by atoms with Crippen LogP contribution in [-0.4, -0.2) is 15.4 Å². The first-order valence-electron chi connectivity index (χ1n) is 6.27. The first-order valence-corrected chi connectivity index (χ1v) is 7.07. The van der Waals surface area contributed by atoms with Gasteiger partial charge in [-0.05, 0) is 31.2 Å². The maximum Gasteiger partial charge on any atom is 0.288 e. The number of amides is 1. The van der Waals surface area contributed by atoms with Crippen molar-refractivity contribution in [1.29, 1.82) is 0 Å². The number of carbonyl (C=O) groups is 1. The van der Waals surface area contributed by atoms with Crippen LogP contribution in [0.25, 0.3) is 0 Å². The minimum atomic E-state index is -0.585. The van der Waals surface area contributed by atoms with Crippen LogP contribution in [0.15, 0.2) is 45.8 Å². The standard InChI is InChI=1S/C14H12BrN3O4/c1-9-6-14(20)17(7-12(9)18(21)22)8-13(19)16-11-4-2-10(15)3-5-11/h2-7H,8H2,1H3,(H,16,19). The maximum atomic E-state index is 11.9. The molecule has 0 fully saturated rings. The van der Waals surface area contributed by atoms with Gasteiger partial charge in [0.1, 0.15) is 6.54 Å². The molecule has 114 valence electrons. The van der Waals surface area contributed by atoms with E-state index in [9.17, 15) is 19.7 Å². The Morgan fingerprint density at radius 2 is 2.00 bits per heavy atom. The molecule has 0 bridgehead atoms. The summed E-state index contributed by atoms with van der Waals surface area (Å²) in [4.78, 5) is 34.0. The lowest BCUT2D eigenvalue weighted by atomic mass is 10.2. The number of aromatic nitrogens is 1. The predicted molar refractivity (Wildman–Crippen MR) is 84.9 cm³/mol. The molecule has 0 atom stereocenters. The summed E-state index contributed by atoms with van der Waals surface area (Å²) in [6.45, 7) is 1.18. The van der Waals surface area contributed by atoms with Gasteiger partial charge in [0.05, 0.1) is 11.1 Å². The maximum absolute atomic E-state index is 11.9. The fraction of sp³-hybridized carbons (Fsp3) is 0.143. The van der Waals surface area contributed by atoms with E-state index in [1.165, 1.54) is 6.92 Å². The number of rotatable bonds is 4. The van der Waals surface area contributed by atoms with Crippen molar-refractivity contribution in [2.45, 2.75) is 13.5 Å². The summed E-state index contributed by atoms with van der Waals surface area (Å²) in [6.07, 6.45) is 1.08. The van der Waals surface area contributed by atoms with Crippen molar-refractivity contribution >= 4 is 33.2 Å².